The van der Waals surface area contributed by atoms with Crippen LogP contribution in [0, 0.1) is 11.6 Å². The minimum Gasteiger partial charge on any atom is -0.392 e. The second-order valence-corrected chi connectivity index (χ2v) is 4.01. The Hall–Kier alpha value is -0.610. The Morgan fingerprint density at radius 1 is 1.43 bits per heavy atom. The molecule has 0 aliphatic carbocycles. The van der Waals surface area contributed by atoms with Gasteiger partial charge in [-0.25, -0.2) is 8.78 Å². The SMILES string of the molecule is CCC(O)CSc1cc(F)ccc1F. The fraction of sp³-hybridized carbons (Fsp3) is 0.400. The van der Waals surface area contributed by atoms with Gasteiger partial charge in [-0.05, 0) is 24.6 Å². The van der Waals surface area contributed by atoms with Gasteiger partial charge < -0.3 is 5.11 Å². The molecule has 0 radical (unpaired) electrons. The molecule has 1 nitrogen and oxygen atoms in total. The number of thioether (sulfide) groups is 1. The lowest BCUT2D eigenvalue weighted by Gasteiger charge is -2.07. The molecule has 1 aromatic rings. The number of aliphatic hydroxyl groups excluding tert-OH is 1. The summed E-state index contributed by atoms with van der Waals surface area (Å²) in [5.74, 6) is -0.517. The highest BCUT2D eigenvalue weighted by molar-refractivity contribution is 7.99. The quantitative estimate of drug-likeness (QED) is 0.784. The Labute approximate surface area is 86.1 Å². The third-order valence-electron chi connectivity index (χ3n) is 1.80. The van der Waals surface area contributed by atoms with Crippen LogP contribution in [0.25, 0.3) is 0 Å². The number of aliphatic hydroxyl groups is 1. The van der Waals surface area contributed by atoms with Crippen molar-refractivity contribution in [2.24, 2.45) is 0 Å². The van der Waals surface area contributed by atoms with E-state index >= 15 is 0 Å². The number of halogens is 2. The van der Waals surface area contributed by atoms with Gasteiger partial charge in [0.15, 0.2) is 0 Å². The summed E-state index contributed by atoms with van der Waals surface area (Å²) in [6.07, 6.45) is 0.145. The topological polar surface area (TPSA) is 20.2 Å². The van der Waals surface area contributed by atoms with Gasteiger partial charge in [-0.1, -0.05) is 6.92 Å². The predicted octanol–water partition coefficient (Wildman–Crippen LogP) is 2.83. The van der Waals surface area contributed by atoms with E-state index < -0.39 is 17.7 Å². The third kappa shape index (κ3) is 3.27. The first-order chi connectivity index (χ1) is 6.63. The van der Waals surface area contributed by atoms with Crippen LogP contribution in [0.1, 0.15) is 13.3 Å². The van der Waals surface area contributed by atoms with E-state index in [-0.39, 0.29) is 4.90 Å². The van der Waals surface area contributed by atoms with Gasteiger partial charge in [0, 0.05) is 10.6 Å². The van der Waals surface area contributed by atoms with Gasteiger partial charge in [-0.3, -0.25) is 0 Å². The Kier molecular flexibility index (Phi) is 4.35. The molecule has 4 heteroatoms. The number of hydrogen-bond donors (Lipinski definition) is 1. The van der Waals surface area contributed by atoms with Crippen molar-refractivity contribution in [2.45, 2.75) is 24.3 Å². The molecule has 1 atom stereocenters. The number of benzene rings is 1. The Balaban J connectivity index is 2.62. The monoisotopic (exact) mass is 218 g/mol. The van der Waals surface area contributed by atoms with Crippen LogP contribution in [-0.2, 0) is 0 Å². The van der Waals surface area contributed by atoms with Crippen LogP contribution in [-0.4, -0.2) is 17.0 Å². The summed E-state index contributed by atoms with van der Waals surface area (Å²) >= 11 is 1.13. The number of rotatable bonds is 4. The van der Waals surface area contributed by atoms with E-state index in [9.17, 15) is 13.9 Å². The maximum absolute atomic E-state index is 13.1. The molecule has 0 aliphatic rings. The highest BCUT2D eigenvalue weighted by Gasteiger charge is 2.07. The van der Waals surface area contributed by atoms with E-state index in [0.717, 1.165) is 30.0 Å². The molecule has 78 valence electrons. The molecule has 0 bridgehead atoms. The second kappa shape index (κ2) is 5.32. The normalized spacial score (nSPS) is 12.9. The number of hydrogen-bond acceptors (Lipinski definition) is 2. The zero-order chi connectivity index (χ0) is 10.6. The zero-order valence-electron chi connectivity index (χ0n) is 7.84. The van der Waals surface area contributed by atoms with Gasteiger partial charge in [0.05, 0.1) is 6.10 Å². The second-order valence-electron chi connectivity index (χ2n) is 2.95. The van der Waals surface area contributed by atoms with Gasteiger partial charge in [0.1, 0.15) is 11.6 Å². The first-order valence-electron chi connectivity index (χ1n) is 4.39. The molecule has 0 aliphatic heterocycles. The van der Waals surface area contributed by atoms with Crippen molar-refractivity contribution >= 4 is 11.8 Å². The van der Waals surface area contributed by atoms with Gasteiger partial charge in [-0.15, -0.1) is 11.8 Å². The molecule has 0 saturated carbocycles. The molecule has 0 heterocycles. The average Bonchev–Trinajstić information content (AvgIpc) is 2.19. The van der Waals surface area contributed by atoms with Crippen molar-refractivity contribution in [1.29, 1.82) is 0 Å². The lowest BCUT2D eigenvalue weighted by atomic mass is 10.3. The summed E-state index contributed by atoms with van der Waals surface area (Å²) in [5, 5.41) is 9.24. The first kappa shape index (κ1) is 11.5. The summed E-state index contributed by atoms with van der Waals surface area (Å²) < 4.78 is 25.8. The molecule has 1 unspecified atom stereocenters. The summed E-state index contributed by atoms with van der Waals surface area (Å²) in [5.41, 5.74) is 0. The van der Waals surface area contributed by atoms with Crippen LogP contribution in [0.3, 0.4) is 0 Å². The summed E-state index contributed by atoms with van der Waals surface area (Å²) in [6, 6.07) is 3.31. The fourth-order valence-corrected chi connectivity index (χ4v) is 1.90. The molecule has 0 spiro atoms. The lowest BCUT2D eigenvalue weighted by Crippen LogP contribution is -2.07. The lowest BCUT2D eigenvalue weighted by molar-refractivity contribution is 0.195. The van der Waals surface area contributed by atoms with E-state index in [4.69, 9.17) is 0 Å². The summed E-state index contributed by atoms with van der Waals surface area (Å²) in [7, 11) is 0. The molecule has 0 fully saturated rings. The molecule has 0 saturated heterocycles. The van der Waals surface area contributed by atoms with Gasteiger partial charge in [0.25, 0.3) is 0 Å². The minimum atomic E-state index is -0.470. The van der Waals surface area contributed by atoms with E-state index in [1.54, 1.807) is 0 Å². The van der Waals surface area contributed by atoms with Crippen molar-refractivity contribution in [3.63, 3.8) is 0 Å². The molecule has 1 aromatic carbocycles. The van der Waals surface area contributed by atoms with Crippen LogP contribution in [0.2, 0.25) is 0 Å². The van der Waals surface area contributed by atoms with Gasteiger partial charge in [0.2, 0.25) is 0 Å². The van der Waals surface area contributed by atoms with Gasteiger partial charge >= 0.3 is 0 Å². The predicted molar refractivity (Wildman–Crippen MR) is 53.4 cm³/mol. The highest BCUT2D eigenvalue weighted by Crippen LogP contribution is 2.23. The summed E-state index contributed by atoms with van der Waals surface area (Å²) in [4.78, 5) is 0.248. The zero-order valence-corrected chi connectivity index (χ0v) is 8.65. The van der Waals surface area contributed by atoms with Crippen molar-refractivity contribution in [1.82, 2.24) is 0 Å². The molecule has 1 rings (SSSR count). The van der Waals surface area contributed by atoms with E-state index in [1.807, 2.05) is 6.92 Å². The maximum Gasteiger partial charge on any atom is 0.136 e. The van der Waals surface area contributed by atoms with Crippen molar-refractivity contribution in [3.05, 3.63) is 29.8 Å². The highest BCUT2D eigenvalue weighted by atomic mass is 32.2. The first-order valence-corrected chi connectivity index (χ1v) is 5.38. The summed E-state index contributed by atoms with van der Waals surface area (Å²) in [6.45, 7) is 1.84. The van der Waals surface area contributed by atoms with Crippen molar-refractivity contribution in [3.8, 4) is 0 Å². The Bertz CT molecular complexity index is 304. The van der Waals surface area contributed by atoms with Crippen LogP contribution in [0.4, 0.5) is 8.78 Å². The van der Waals surface area contributed by atoms with Crippen molar-refractivity contribution in [2.75, 3.05) is 5.75 Å². The molecule has 0 amide bonds. The average molecular weight is 218 g/mol. The van der Waals surface area contributed by atoms with E-state index in [1.165, 1.54) is 0 Å². The Morgan fingerprint density at radius 3 is 2.79 bits per heavy atom. The third-order valence-corrected chi connectivity index (χ3v) is 2.97. The standard InChI is InChI=1S/C10H12F2OS/c1-2-8(13)6-14-10-5-7(11)3-4-9(10)12/h3-5,8,13H,2,6H2,1H3. The van der Waals surface area contributed by atoms with Crippen LogP contribution >= 0.6 is 11.8 Å². The maximum atomic E-state index is 13.1. The molecule has 14 heavy (non-hydrogen) atoms. The van der Waals surface area contributed by atoms with Crippen molar-refractivity contribution < 1.29 is 13.9 Å². The minimum absolute atomic E-state index is 0.248. The molecular weight excluding hydrogens is 206 g/mol. The van der Waals surface area contributed by atoms with E-state index in [2.05, 4.69) is 0 Å². The van der Waals surface area contributed by atoms with Gasteiger partial charge in [-0.2, -0.15) is 0 Å². The fourth-order valence-electron chi connectivity index (χ4n) is 0.892. The molecular formula is C10H12F2OS. The molecule has 0 aromatic heterocycles. The molecule has 1 N–H and O–H groups in total. The smallest absolute Gasteiger partial charge is 0.136 e. The van der Waals surface area contributed by atoms with Crippen LogP contribution < -0.4 is 0 Å². The van der Waals surface area contributed by atoms with Crippen LogP contribution in [0.15, 0.2) is 23.1 Å². The largest absolute Gasteiger partial charge is 0.392 e. The van der Waals surface area contributed by atoms with E-state index in [0.29, 0.717) is 12.2 Å². The Morgan fingerprint density at radius 2 is 2.14 bits per heavy atom. The van der Waals surface area contributed by atoms with Crippen LogP contribution in [0.5, 0.6) is 0 Å².